The van der Waals surface area contributed by atoms with Crippen LogP contribution in [0.5, 0.6) is 0 Å². The molecule has 90 valence electrons. The van der Waals surface area contributed by atoms with Gasteiger partial charge in [0, 0.05) is 11.6 Å². The molecule has 2 heterocycles. The largest absolute Gasteiger partial charge is 0.465 e. The molecule has 0 aliphatic carbocycles. The molecule has 0 spiro atoms. The van der Waals surface area contributed by atoms with Crippen molar-refractivity contribution in [3.63, 3.8) is 0 Å². The number of rotatable bonds is 1. The first-order valence-electron chi connectivity index (χ1n) is 5.50. The zero-order valence-electron chi connectivity index (χ0n) is 10.5. The summed E-state index contributed by atoms with van der Waals surface area (Å²) in [6.07, 6.45) is 3.63. The third-order valence-corrected chi connectivity index (χ3v) is 2.65. The number of hydrogen-bond acceptors (Lipinski definition) is 3. The number of nitrogens with zero attached hydrogens (tertiary/aromatic N) is 2. The van der Waals surface area contributed by atoms with Crippen molar-refractivity contribution in [2.75, 3.05) is 7.11 Å². The molecule has 0 saturated carbocycles. The summed E-state index contributed by atoms with van der Waals surface area (Å²) < 4.78 is 6.70. The van der Waals surface area contributed by atoms with Crippen molar-refractivity contribution in [3.8, 4) is 0 Å². The van der Waals surface area contributed by atoms with Crippen molar-refractivity contribution in [1.29, 1.82) is 0 Å². The Hall–Kier alpha value is -1.84. The lowest BCUT2D eigenvalue weighted by molar-refractivity contribution is 0.0602. The fraction of sp³-hybridized carbons (Fsp3) is 0.385. The molecular weight excluding hydrogens is 216 g/mol. The van der Waals surface area contributed by atoms with E-state index in [1.165, 1.54) is 7.11 Å². The molecule has 0 amide bonds. The van der Waals surface area contributed by atoms with E-state index >= 15 is 0 Å². The zero-order chi connectivity index (χ0) is 12.6. The SMILES string of the molecule is COC(=O)c1cccn2c(C(C)(C)C)ncc12. The summed E-state index contributed by atoms with van der Waals surface area (Å²) in [5, 5.41) is 0. The summed E-state index contributed by atoms with van der Waals surface area (Å²) in [5.74, 6) is 0.592. The summed E-state index contributed by atoms with van der Waals surface area (Å²) in [7, 11) is 1.38. The van der Waals surface area contributed by atoms with E-state index in [1.54, 1.807) is 12.3 Å². The van der Waals surface area contributed by atoms with Crippen LogP contribution in [0.15, 0.2) is 24.5 Å². The number of carbonyl (C=O) groups excluding carboxylic acids is 1. The summed E-state index contributed by atoms with van der Waals surface area (Å²) in [4.78, 5) is 16.0. The van der Waals surface area contributed by atoms with Crippen molar-refractivity contribution >= 4 is 11.5 Å². The van der Waals surface area contributed by atoms with Crippen LogP contribution in [-0.2, 0) is 10.2 Å². The highest BCUT2D eigenvalue weighted by atomic mass is 16.5. The maximum absolute atomic E-state index is 11.6. The predicted octanol–water partition coefficient (Wildman–Crippen LogP) is 2.42. The van der Waals surface area contributed by atoms with Gasteiger partial charge in [-0.15, -0.1) is 0 Å². The average molecular weight is 232 g/mol. The van der Waals surface area contributed by atoms with Crippen molar-refractivity contribution in [2.45, 2.75) is 26.2 Å². The number of imidazole rings is 1. The first kappa shape index (κ1) is 11.6. The number of aromatic nitrogens is 2. The molecule has 2 aromatic rings. The third kappa shape index (κ3) is 1.90. The van der Waals surface area contributed by atoms with Gasteiger partial charge >= 0.3 is 5.97 Å². The molecule has 0 atom stereocenters. The predicted molar refractivity (Wildman–Crippen MR) is 65.2 cm³/mol. The third-order valence-electron chi connectivity index (χ3n) is 2.65. The van der Waals surface area contributed by atoms with E-state index in [-0.39, 0.29) is 11.4 Å². The van der Waals surface area contributed by atoms with Gasteiger partial charge in [-0.1, -0.05) is 20.8 Å². The molecule has 2 aromatic heterocycles. The highest BCUT2D eigenvalue weighted by Gasteiger charge is 2.21. The monoisotopic (exact) mass is 232 g/mol. The smallest absolute Gasteiger partial charge is 0.340 e. The van der Waals surface area contributed by atoms with Gasteiger partial charge in [0.25, 0.3) is 0 Å². The van der Waals surface area contributed by atoms with Crippen LogP contribution < -0.4 is 0 Å². The molecule has 0 saturated heterocycles. The molecule has 0 radical (unpaired) electrons. The first-order chi connectivity index (χ1) is 7.95. The van der Waals surface area contributed by atoms with E-state index in [2.05, 4.69) is 25.8 Å². The fourth-order valence-electron chi connectivity index (χ4n) is 1.86. The fourth-order valence-corrected chi connectivity index (χ4v) is 1.86. The Morgan fingerprint density at radius 3 is 2.71 bits per heavy atom. The molecule has 2 rings (SSSR count). The lowest BCUT2D eigenvalue weighted by Gasteiger charge is -2.16. The van der Waals surface area contributed by atoms with Gasteiger partial charge in [0.1, 0.15) is 5.82 Å². The molecule has 0 fully saturated rings. The van der Waals surface area contributed by atoms with Crippen LogP contribution in [0.3, 0.4) is 0 Å². The van der Waals surface area contributed by atoms with Crippen molar-refractivity contribution < 1.29 is 9.53 Å². The van der Waals surface area contributed by atoms with Gasteiger partial charge in [-0.3, -0.25) is 0 Å². The number of fused-ring (bicyclic) bond motifs is 1. The Balaban J connectivity index is 2.69. The Morgan fingerprint density at radius 1 is 1.41 bits per heavy atom. The molecular formula is C13H16N2O2. The van der Waals surface area contributed by atoms with Crippen LogP contribution in [0.4, 0.5) is 0 Å². The molecule has 0 N–H and O–H groups in total. The van der Waals surface area contributed by atoms with Crippen LogP contribution in [0.2, 0.25) is 0 Å². The highest BCUT2D eigenvalue weighted by molar-refractivity contribution is 5.96. The topological polar surface area (TPSA) is 43.6 Å². The van der Waals surface area contributed by atoms with Crippen molar-refractivity contribution in [3.05, 3.63) is 35.9 Å². The van der Waals surface area contributed by atoms with Gasteiger partial charge in [0.15, 0.2) is 0 Å². The Bertz CT molecular complexity index is 564. The molecule has 17 heavy (non-hydrogen) atoms. The molecule has 0 aromatic carbocycles. The first-order valence-corrected chi connectivity index (χ1v) is 5.50. The van der Waals surface area contributed by atoms with Crippen LogP contribution >= 0.6 is 0 Å². The van der Waals surface area contributed by atoms with Crippen molar-refractivity contribution in [2.24, 2.45) is 0 Å². The van der Waals surface area contributed by atoms with Crippen LogP contribution in [0.1, 0.15) is 37.0 Å². The second-order valence-corrected chi connectivity index (χ2v) is 5.00. The second kappa shape index (κ2) is 3.87. The summed E-state index contributed by atoms with van der Waals surface area (Å²) in [6.45, 7) is 6.27. The number of carbonyl (C=O) groups is 1. The summed E-state index contributed by atoms with van der Waals surface area (Å²) >= 11 is 0. The van der Waals surface area contributed by atoms with E-state index in [9.17, 15) is 4.79 Å². The van der Waals surface area contributed by atoms with E-state index in [1.807, 2.05) is 16.7 Å². The standard InChI is InChI=1S/C13H16N2O2/c1-13(2,3)12-14-8-10-9(11(16)17-4)6-5-7-15(10)12/h5-8H,1-4H3. The molecule has 0 bridgehead atoms. The number of pyridine rings is 1. The van der Waals surface area contributed by atoms with Gasteiger partial charge in [-0.25, -0.2) is 9.78 Å². The Kier molecular flexibility index (Phi) is 2.65. The number of methoxy groups -OCH3 is 1. The van der Waals surface area contributed by atoms with Crippen LogP contribution in [0.25, 0.3) is 5.52 Å². The number of hydrogen-bond donors (Lipinski definition) is 0. The Labute approximate surface area is 100 Å². The lowest BCUT2D eigenvalue weighted by Crippen LogP contribution is -2.16. The van der Waals surface area contributed by atoms with Crippen LogP contribution in [0, 0.1) is 0 Å². The molecule has 0 unspecified atom stereocenters. The minimum atomic E-state index is -0.337. The minimum absolute atomic E-state index is 0.0683. The molecule has 4 heteroatoms. The van der Waals surface area contributed by atoms with Gasteiger partial charge in [0.2, 0.25) is 0 Å². The van der Waals surface area contributed by atoms with E-state index < -0.39 is 0 Å². The van der Waals surface area contributed by atoms with Gasteiger partial charge in [-0.2, -0.15) is 0 Å². The molecule has 0 aliphatic heterocycles. The van der Waals surface area contributed by atoms with Gasteiger partial charge < -0.3 is 9.14 Å². The molecule has 4 nitrogen and oxygen atoms in total. The zero-order valence-corrected chi connectivity index (χ0v) is 10.5. The summed E-state index contributed by atoms with van der Waals surface area (Å²) in [6, 6.07) is 3.57. The van der Waals surface area contributed by atoms with Crippen molar-refractivity contribution in [1.82, 2.24) is 9.38 Å². The maximum Gasteiger partial charge on any atom is 0.340 e. The van der Waals surface area contributed by atoms with E-state index in [0.717, 1.165) is 11.3 Å². The quantitative estimate of drug-likeness (QED) is 0.709. The maximum atomic E-state index is 11.6. The average Bonchev–Trinajstić information content (AvgIpc) is 2.70. The van der Waals surface area contributed by atoms with Gasteiger partial charge in [0.05, 0.1) is 24.4 Å². The normalized spacial score (nSPS) is 11.8. The Morgan fingerprint density at radius 2 is 2.12 bits per heavy atom. The summed E-state index contributed by atoms with van der Waals surface area (Å²) in [5.41, 5.74) is 1.25. The number of esters is 1. The van der Waals surface area contributed by atoms with E-state index in [0.29, 0.717) is 5.56 Å². The van der Waals surface area contributed by atoms with E-state index in [4.69, 9.17) is 4.74 Å². The lowest BCUT2D eigenvalue weighted by atomic mass is 9.96. The second-order valence-electron chi connectivity index (χ2n) is 5.00. The van der Waals surface area contributed by atoms with Gasteiger partial charge in [-0.05, 0) is 12.1 Å². The highest BCUT2D eigenvalue weighted by Crippen LogP contribution is 2.23. The van der Waals surface area contributed by atoms with Crippen LogP contribution in [-0.4, -0.2) is 22.5 Å². The number of ether oxygens (including phenoxy) is 1. The molecule has 0 aliphatic rings. The minimum Gasteiger partial charge on any atom is -0.465 e.